The number of piperidine rings is 1. The van der Waals surface area contributed by atoms with E-state index in [-0.39, 0.29) is 18.5 Å². The van der Waals surface area contributed by atoms with Crippen LogP contribution in [0.3, 0.4) is 0 Å². The van der Waals surface area contributed by atoms with E-state index in [4.69, 9.17) is 4.52 Å². The van der Waals surface area contributed by atoms with Crippen LogP contribution in [0.15, 0.2) is 10.6 Å². The third-order valence-corrected chi connectivity index (χ3v) is 4.89. The van der Waals surface area contributed by atoms with Gasteiger partial charge in [0.25, 0.3) is 5.91 Å². The molecule has 1 atom stereocenters. The smallest absolute Gasteiger partial charge is 0.276 e. The number of carbonyl (C=O) groups excluding carboxylic acids is 1. The molecule has 122 valence electrons. The van der Waals surface area contributed by atoms with Gasteiger partial charge in [0, 0.05) is 31.1 Å². The Kier molecular flexibility index (Phi) is 4.22. The highest BCUT2D eigenvalue weighted by Gasteiger charge is 2.32. The lowest BCUT2D eigenvalue weighted by molar-refractivity contribution is 0.0608. The monoisotopic (exact) mass is 327 g/mol. The number of hydrogen-bond donors (Lipinski definition) is 1. The van der Waals surface area contributed by atoms with Gasteiger partial charge in [-0.15, -0.1) is 0 Å². The first kappa shape index (κ1) is 15.5. The molecule has 1 aliphatic heterocycles. The van der Waals surface area contributed by atoms with Crippen LogP contribution in [0.25, 0.3) is 0 Å². The van der Waals surface area contributed by atoms with Gasteiger partial charge >= 0.3 is 0 Å². The predicted octanol–water partition coefficient (Wildman–Crippen LogP) is 1.10. The van der Waals surface area contributed by atoms with Gasteiger partial charge in [-0.25, -0.2) is 13.1 Å². The SMILES string of the molecule is CS(=O)(=O)NC[C@H]1CCCCN1C(=O)c1cc(C2CC2)on1. The number of hydrogen-bond acceptors (Lipinski definition) is 5. The van der Waals surface area contributed by atoms with Crippen LogP contribution in [-0.2, 0) is 10.0 Å². The molecular weight excluding hydrogens is 306 g/mol. The molecule has 1 aromatic rings. The second kappa shape index (κ2) is 6.00. The molecule has 7 nitrogen and oxygen atoms in total. The summed E-state index contributed by atoms with van der Waals surface area (Å²) in [6, 6.07) is 1.60. The number of likely N-dealkylation sites (tertiary alicyclic amines) is 1. The van der Waals surface area contributed by atoms with Gasteiger partial charge in [0.2, 0.25) is 10.0 Å². The third kappa shape index (κ3) is 3.67. The molecular formula is C14H21N3O4S. The number of amides is 1. The highest BCUT2D eigenvalue weighted by atomic mass is 32.2. The maximum Gasteiger partial charge on any atom is 0.276 e. The summed E-state index contributed by atoms with van der Waals surface area (Å²) in [5, 5.41) is 3.89. The molecule has 1 aliphatic carbocycles. The van der Waals surface area contributed by atoms with Gasteiger partial charge in [-0.1, -0.05) is 5.16 Å². The largest absolute Gasteiger partial charge is 0.360 e. The number of nitrogens with one attached hydrogen (secondary N) is 1. The molecule has 1 saturated heterocycles. The second-order valence-corrected chi connectivity index (χ2v) is 7.99. The predicted molar refractivity (Wildman–Crippen MR) is 80.0 cm³/mol. The Morgan fingerprint density at radius 1 is 1.41 bits per heavy atom. The minimum Gasteiger partial charge on any atom is -0.360 e. The van der Waals surface area contributed by atoms with Crippen LogP contribution in [0, 0.1) is 0 Å². The summed E-state index contributed by atoms with van der Waals surface area (Å²) in [6.45, 7) is 0.873. The Hall–Kier alpha value is -1.41. The number of carbonyl (C=O) groups is 1. The van der Waals surface area contributed by atoms with Crippen molar-refractivity contribution in [1.29, 1.82) is 0 Å². The summed E-state index contributed by atoms with van der Waals surface area (Å²) < 4.78 is 30.3. The lowest BCUT2D eigenvalue weighted by Gasteiger charge is -2.35. The van der Waals surface area contributed by atoms with Crippen LogP contribution in [-0.4, -0.2) is 49.8 Å². The van der Waals surface area contributed by atoms with Gasteiger partial charge in [0.05, 0.1) is 6.26 Å². The van der Waals surface area contributed by atoms with Crippen molar-refractivity contribution < 1.29 is 17.7 Å². The van der Waals surface area contributed by atoms with E-state index < -0.39 is 10.0 Å². The van der Waals surface area contributed by atoms with E-state index in [1.807, 2.05) is 0 Å². The summed E-state index contributed by atoms with van der Waals surface area (Å²) in [4.78, 5) is 14.3. The van der Waals surface area contributed by atoms with Gasteiger partial charge in [0.15, 0.2) is 5.69 Å². The molecule has 0 aromatic carbocycles. The van der Waals surface area contributed by atoms with E-state index in [9.17, 15) is 13.2 Å². The van der Waals surface area contributed by atoms with Crippen LogP contribution in [0.4, 0.5) is 0 Å². The van der Waals surface area contributed by atoms with E-state index in [1.54, 1.807) is 11.0 Å². The minimum absolute atomic E-state index is 0.128. The second-order valence-electron chi connectivity index (χ2n) is 6.16. The molecule has 0 bridgehead atoms. The molecule has 1 aromatic heterocycles. The lowest BCUT2D eigenvalue weighted by Crippen LogP contribution is -2.49. The third-order valence-electron chi connectivity index (χ3n) is 4.20. The van der Waals surface area contributed by atoms with Crippen LogP contribution in [0.5, 0.6) is 0 Å². The molecule has 0 spiro atoms. The molecule has 3 rings (SSSR count). The number of rotatable bonds is 5. The summed E-state index contributed by atoms with van der Waals surface area (Å²) in [7, 11) is -3.26. The molecule has 1 N–H and O–H groups in total. The van der Waals surface area contributed by atoms with E-state index in [0.717, 1.165) is 44.1 Å². The summed E-state index contributed by atoms with van der Waals surface area (Å²) in [5.41, 5.74) is 0.327. The first-order chi connectivity index (χ1) is 10.4. The average Bonchev–Trinajstić information content (AvgIpc) is 3.21. The highest BCUT2D eigenvalue weighted by Crippen LogP contribution is 2.40. The van der Waals surface area contributed by atoms with Gasteiger partial charge in [-0.3, -0.25) is 4.79 Å². The Labute approximate surface area is 130 Å². The molecule has 22 heavy (non-hydrogen) atoms. The van der Waals surface area contributed by atoms with Gasteiger partial charge in [0.1, 0.15) is 5.76 Å². The van der Waals surface area contributed by atoms with E-state index in [1.165, 1.54) is 0 Å². The molecule has 2 aliphatic rings. The van der Waals surface area contributed by atoms with E-state index >= 15 is 0 Å². The van der Waals surface area contributed by atoms with Gasteiger partial charge < -0.3 is 9.42 Å². The van der Waals surface area contributed by atoms with Crippen molar-refractivity contribution in [2.75, 3.05) is 19.3 Å². The van der Waals surface area contributed by atoms with E-state index in [2.05, 4.69) is 9.88 Å². The summed E-state index contributed by atoms with van der Waals surface area (Å²) in [5.74, 6) is 1.03. The Morgan fingerprint density at radius 3 is 2.86 bits per heavy atom. The maximum atomic E-state index is 12.6. The molecule has 0 unspecified atom stereocenters. The Balaban J connectivity index is 1.69. The van der Waals surface area contributed by atoms with Gasteiger partial charge in [-0.05, 0) is 32.1 Å². The Morgan fingerprint density at radius 2 is 2.18 bits per heavy atom. The standard InChI is InChI=1S/C14H21N3O4S/c1-22(19,20)15-9-11-4-2-3-7-17(11)14(18)12-8-13(21-16-12)10-5-6-10/h8,10-11,15H,2-7,9H2,1H3/t11-/m1/s1. The fraction of sp³-hybridized carbons (Fsp3) is 0.714. The number of nitrogens with zero attached hydrogens (tertiary/aromatic N) is 2. The summed E-state index contributed by atoms with van der Waals surface area (Å²) >= 11 is 0. The topological polar surface area (TPSA) is 92.5 Å². The fourth-order valence-corrected chi connectivity index (χ4v) is 3.32. The zero-order valence-electron chi connectivity index (χ0n) is 12.6. The maximum absolute atomic E-state index is 12.6. The van der Waals surface area contributed by atoms with Crippen molar-refractivity contribution in [2.45, 2.75) is 44.1 Å². The normalized spacial score (nSPS) is 22.8. The summed E-state index contributed by atoms with van der Waals surface area (Å²) in [6.07, 6.45) is 6.02. The molecule has 2 fully saturated rings. The first-order valence-electron chi connectivity index (χ1n) is 7.66. The zero-order chi connectivity index (χ0) is 15.7. The van der Waals surface area contributed by atoms with Crippen molar-refractivity contribution in [3.8, 4) is 0 Å². The van der Waals surface area contributed by atoms with Crippen molar-refractivity contribution in [1.82, 2.24) is 14.8 Å². The number of sulfonamides is 1. The van der Waals surface area contributed by atoms with Crippen molar-refractivity contribution in [3.05, 3.63) is 17.5 Å². The van der Waals surface area contributed by atoms with Crippen molar-refractivity contribution in [3.63, 3.8) is 0 Å². The minimum atomic E-state index is -3.26. The van der Waals surface area contributed by atoms with Crippen LogP contribution >= 0.6 is 0 Å². The Bertz CT molecular complexity index is 651. The molecule has 1 amide bonds. The lowest BCUT2D eigenvalue weighted by atomic mass is 10.0. The van der Waals surface area contributed by atoms with Crippen molar-refractivity contribution >= 4 is 15.9 Å². The van der Waals surface area contributed by atoms with Gasteiger partial charge in [-0.2, -0.15) is 0 Å². The molecule has 1 saturated carbocycles. The van der Waals surface area contributed by atoms with E-state index in [0.29, 0.717) is 18.2 Å². The van der Waals surface area contributed by atoms with Crippen LogP contribution in [0.2, 0.25) is 0 Å². The van der Waals surface area contributed by atoms with Crippen molar-refractivity contribution in [2.24, 2.45) is 0 Å². The molecule has 8 heteroatoms. The first-order valence-corrected chi connectivity index (χ1v) is 9.55. The average molecular weight is 327 g/mol. The number of aromatic nitrogens is 1. The van der Waals surface area contributed by atoms with Crippen LogP contribution in [0.1, 0.15) is 54.3 Å². The molecule has 0 radical (unpaired) electrons. The molecule has 2 heterocycles. The zero-order valence-corrected chi connectivity index (χ0v) is 13.4. The highest BCUT2D eigenvalue weighted by molar-refractivity contribution is 7.88. The quantitative estimate of drug-likeness (QED) is 0.874. The van der Waals surface area contributed by atoms with Crippen LogP contribution < -0.4 is 4.72 Å². The fourth-order valence-electron chi connectivity index (χ4n) is 2.83.